The van der Waals surface area contributed by atoms with Crippen molar-refractivity contribution in [3.05, 3.63) is 53.6 Å². The van der Waals surface area contributed by atoms with Crippen LogP contribution in [0, 0.1) is 13.8 Å². The molecule has 0 aliphatic carbocycles. The lowest BCUT2D eigenvalue weighted by atomic mass is 10.2. The molecule has 19 heavy (non-hydrogen) atoms. The van der Waals surface area contributed by atoms with Crippen LogP contribution < -0.4 is 0 Å². The molecule has 0 radical (unpaired) electrons. The highest BCUT2D eigenvalue weighted by Gasteiger charge is 1.93. The summed E-state index contributed by atoms with van der Waals surface area (Å²) in [7, 11) is 0. The normalized spacial score (nSPS) is 8.32. The van der Waals surface area contributed by atoms with Crippen molar-refractivity contribution in [1.82, 2.24) is 0 Å². The lowest BCUT2D eigenvalue weighted by Crippen LogP contribution is -1.71. The molecule has 106 valence electrons. The van der Waals surface area contributed by atoms with Crippen molar-refractivity contribution in [3.8, 4) is 17.2 Å². The van der Waals surface area contributed by atoms with Gasteiger partial charge in [-0.3, -0.25) is 0 Å². The molecule has 0 unspecified atom stereocenters. The Hall–Kier alpha value is -2.16. The second-order valence-electron chi connectivity index (χ2n) is 3.81. The zero-order valence-electron chi connectivity index (χ0n) is 9.88. The van der Waals surface area contributed by atoms with Gasteiger partial charge in [-0.25, -0.2) is 0 Å². The van der Waals surface area contributed by atoms with Crippen LogP contribution in [0.3, 0.4) is 0 Å². The van der Waals surface area contributed by atoms with E-state index in [1.807, 2.05) is 19.1 Å². The third-order valence-electron chi connectivity index (χ3n) is 2.23. The van der Waals surface area contributed by atoms with Crippen LogP contribution in [0.2, 0.25) is 0 Å². The molecule has 0 spiro atoms. The molecule has 0 amide bonds. The molecule has 0 fully saturated rings. The van der Waals surface area contributed by atoms with Gasteiger partial charge in [0.1, 0.15) is 17.2 Å². The van der Waals surface area contributed by atoms with Gasteiger partial charge in [0.15, 0.2) is 0 Å². The van der Waals surface area contributed by atoms with E-state index in [1.54, 1.807) is 25.1 Å². The molecule has 3 nitrogen and oxygen atoms in total. The number of aryl methyl sites for hydroxylation is 2. The number of rotatable bonds is 0. The first-order valence-electron chi connectivity index (χ1n) is 5.23. The summed E-state index contributed by atoms with van der Waals surface area (Å²) in [6, 6.07) is 11.6. The maximum atomic E-state index is 8.94. The quantitative estimate of drug-likeness (QED) is 0.661. The zero-order valence-corrected chi connectivity index (χ0v) is 9.88. The van der Waals surface area contributed by atoms with Gasteiger partial charge in [0, 0.05) is 6.07 Å². The fraction of sp³-hybridized carbons (Fsp3) is 0.250. The Morgan fingerprint density at radius 2 is 1.16 bits per heavy atom. The van der Waals surface area contributed by atoms with Crippen molar-refractivity contribution in [2.45, 2.75) is 28.7 Å². The summed E-state index contributed by atoms with van der Waals surface area (Å²) in [5, 5.41) is 26.5. The molecule has 3 N–H and O–H groups in total. The van der Waals surface area contributed by atoms with Crippen LogP contribution in [-0.2, 0) is 0 Å². The molecule has 0 heterocycles. The second kappa shape index (κ2) is 8.86. The van der Waals surface area contributed by atoms with E-state index in [-0.39, 0.29) is 26.4 Å². The highest BCUT2D eigenvalue weighted by molar-refractivity contribution is 5.37. The molecular formula is C16H24O3. The summed E-state index contributed by atoms with van der Waals surface area (Å²) in [5.41, 5.74) is 1.94. The van der Waals surface area contributed by atoms with Crippen molar-refractivity contribution in [3.63, 3.8) is 0 Å². The lowest BCUT2D eigenvalue weighted by Gasteiger charge is -1.96. The maximum Gasteiger partial charge on any atom is 0.122 e. The van der Waals surface area contributed by atoms with E-state index >= 15 is 0 Å². The number of benzene rings is 2. The zero-order chi connectivity index (χ0) is 12.8. The number of aromatic hydroxyl groups is 3. The van der Waals surface area contributed by atoms with E-state index in [2.05, 4.69) is 0 Å². The molecule has 0 aliphatic rings. The van der Waals surface area contributed by atoms with Crippen molar-refractivity contribution < 1.29 is 15.3 Å². The van der Waals surface area contributed by atoms with Crippen molar-refractivity contribution in [1.29, 1.82) is 0 Å². The summed E-state index contributed by atoms with van der Waals surface area (Å²) in [6.45, 7) is 3.76. The van der Waals surface area contributed by atoms with Gasteiger partial charge in [0.2, 0.25) is 0 Å². The summed E-state index contributed by atoms with van der Waals surface area (Å²) >= 11 is 0. The van der Waals surface area contributed by atoms with Gasteiger partial charge in [0.05, 0.1) is 0 Å². The molecule has 3 heteroatoms. The van der Waals surface area contributed by atoms with E-state index in [4.69, 9.17) is 15.3 Å². The van der Waals surface area contributed by atoms with Crippen LogP contribution in [0.1, 0.15) is 26.0 Å². The van der Waals surface area contributed by atoms with Gasteiger partial charge < -0.3 is 15.3 Å². The fourth-order valence-electron chi connectivity index (χ4n) is 1.14. The number of hydrogen-bond acceptors (Lipinski definition) is 3. The topological polar surface area (TPSA) is 60.7 Å². The third kappa shape index (κ3) is 6.99. The lowest BCUT2D eigenvalue weighted by molar-refractivity contribution is 0.448. The van der Waals surface area contributed by atoms with Gasteiger partial charge >= 0.3 is 0 Å². The fourth-order valence-corrected chi connectivity index (χ4v) is 1.14. The minimum Gasteiger partial charge on any atom is -0.508 e. The van der Waals surface area contributed by atoms with Crippen LogP contribution in [0.5, 0.6) is 17.2 Å². The van der Waals surface area contributed by atoms with Crippen LogP contribution in [0.25, 0.3) is 0 Å². The van der Waals surface area contributed by atoms with E-state index < -0.39 is 0 Å². The molecule has 0 saturated heterocycles. The van der Waals surface area contributed by atoms with E-state index in [0.29, 0.717) is 5.75 Å². The molecular weight excluding hydrogens is 240 g/mol. The smallest absolute Gasteiger partial charge is 0.122 e. The van der Waals surface area contributed by atoms with Gasteiger partial charge in [0.25, 0.3) is 0 Å². The second-order valence-corrected chi connectivity index (χ2v) is 3.81. The first-order valence-corrected chi connectivity index (χ1v) is 5.23. The van der Waals surface area contributed by atoms with E-state index in [9.17, 15) is 0 Å². The monoisotopic (exact) mass is 264 g/mol. The predicted molar refractivity (Wildman–Crippen MR) is 80.8 cm³/mol. The Morgan fingerprint density at radius 3 is 1.53 bits per heavy atom. The Labute approximate surface area is 115 Å². The molecule has 0 atom stereocenters. The average molecular weight is 264 g/mol. The first kappa shape index (κ1) is 19.2. The third-order valence-corrected chi connectivity index (χ3v) is 2.23. The summed E-state index contributed by atoms with van der Waals surface area (Å²) < 4.78 is 0. The Bertz CT molecular complexity index is 455. The summed E-state index contributed by atoms with van der Waals surface area (Å²) in [5.74, 6) is 0.559. The van der Waals surface area contributed by atoms with Crippen LogP contribution in [0.4, 0.5) is 0 Å². The maximum absolute atomic E-state index is 8.94. The van der Waals surface area contributed by atoms with Crippen LogP contribution >= 0.6 is 0 Å². The molecule has 0 aromatic heterocycles. The van der Waals surface area contributed by atoms with Crippen molar-refractivity contribution in [2.75, 3.05) is 0 Å². The summed E-state index contributed by atoms with van der Waals surface area (Å²) in [4.78, 5) is 0. The van der Waals surface area contributed by atoms with Crippen molar-refractivity contribution >= 4 is 0 Å². The highest BCUT2D eigenvalue weighted by Crippen LogP contribution is 2.20. The standard InChI is InChI=1S/C7H8O2.C7H8O.2CH4/c1-5-2-3-6(8)4-7(5)9;1-6-2-4-7(8)5-3-6;;/h2-4,8-9H,1H3;2-5,8H,1H3;2*1H4. The van der Waals surface area contributed by atoms with E-state index in [0.717, 1.165) is 5.56 Å². The first-order chi connectivity index (χ1) is 7.99. The Balaban J connectivity index is 0. The minimum atomic E-state index is 0. The highest BCUT2D eigenvalue weighted by atomic mass is 16.3. The van der Waals surface area contributed by atoms with Crippen LogP contribution in [-0.4, -0.2) is 15.3 Å². The molecule has 2 aromatic carbocycles. The predicted octanol–water partition coefficient (Wildman–Crippen LogP) is 4.38. The number of hydrogen-bond donors (Lipinski definition) is 3. The summed E-state index contributed by atoms with van der Waals surface area (Å²) in [6.07, 6.45) is 0. The SMILES string of the molecule is C.C.Cc1ccc(O)cc1.Cc1ccc(O)cc1O. The Kier molecular flexibility index (Phi) is 8.95. The van der Waals surface area contributed by atoms with Crippen LogP contribution in [0.15, 0.2) is 42.5 Å². The molecule has 0 bridgehead atoms. The largest absolute Gasteiger partial charge is 0.508 e. The average Bonchev–Trinajstić information content (AvgIpc) is 2.29. The minimum absolute atomic E-state index is 0. The number of phenolic OH excluding ortho intramolecular Hbond substituents is 3. The van der Waals surface area contributed by atoms with Gasteiger partial charge in [-0.05, 0) is 37.6 Å². The van der Waals surface area contributed by atoms with Gasteiger partial charge in [-0.2, -0.15) is 0 Å². The molecule has 2 rings (SSSR count). The van der Waals surface area contributed by atoms with Crippen molar-refractivity contribution in [2.24, 2.45) is 0 Å². The molecule has 0 aliphatic heterocycles. The molecule has 2 aromatic rings. The molecule has 0 saturated carbocycles. The number of phenols is 3. The van der Waals surface area contributed by atoms with Gasteiger partial charge in [-0.15, -0.1) is 0 Å². The van der Waals surface area contributed by atoms with Gasteiger partial charge in [-0.1, -0.05) is 38.6 Å². The Morgan fingerprint density at radius 1 is 0.684 bits per heavy atom. The van der Waals surface area contributed by atoms with E-state index in [1.165, 1.54) is 17.7 Å².